The van der Waals surface area contributed by atoms with Crippen LogP contribution in [-0.2, 0) is 19.0 Å². The molecule has 32 heavy (non-hydrogen) atoms. The standard InChI is InChI=1S/C22H16ClF3N2O4/c23-19-9-5-14(11-18(19)22(24,25)26)2-1-13-3-6-15(7-4-13)27-20-10-8-16(28(31)32)12-17(20)21(29)30/h3-12,27H,1-2H2,(H,29,30). The maximum absolute atomic E-state index is 13.0. The molecule has 166 valence electrons. The van der Waals surface area contributed by atoms with Crippen LogP contribution in [0, 0.1) is 10.1 Å². The van der Waals surface area contributed by atoms with E-state index in [9.17, 15) is 33.2 Å². The van der Waals surface area contributed by atoms with Gasteiger partial charge in [0, 0.05) is 17.8 Å². The Bertz CT molecular complexity index is 1160. The number of halogens is 4. The predicted molar refractivity (Wildman–Crippen MR) is 114 cm³/mol. The maximum atomic E-state index is 13.0. The molecule has 0 atom stereocenters. The van der Waals surface area contributed by atoms with Crippen molar-refractivity contribution in [2.24, 2.45) is 0 Å². The van der Waals surface area contributed by atoms with E-state index < -0.39 is 22.6 Å². The number of nitro benzene ring substituents is 1. The number of nitro groups is 1. The highest BCUT2D eigenvalue weighted by Crippen LogP contribution is 2.35. The van der Waals surface area contributed by atoms with Gasteiger partial charge in [0.15, 0.2) is 0 Å². The average Bonchev–Trinajstić information content (AvgIpc) is 2.73. The van der Waals surface area contributed by atoms with Gasteiger partial charge in [-0.2, -0.15) is 13.2 Å². The van der Waals surface area contributed by atoms with E-state index in [1.807, 2.05) is 0 Å². The predicted octanol–water partition coefficient (Wildman–Crippen LogP) is 6.49. The van der Waals surface area contributed by atoms with E-state index in [0.717, 1.165) is 17.7 Å². The quantitative estimate of drug-likeness (QED) is 0.308. The molecule has 0 spiro atoms. The van der Waals surface area contributed by atoms with Crippen molar-refractivity contribution in [1.82, 2.24) is 0 Å². The van der Waals surface area contributed by atoms with Crippen molar-refractivity contribution in [3.63, 3.8) is 0 Å². The molecule has 0 aliphatic heterocycles. The molecule has 2 N–H and O–H groups in total. The number of aryl methyl sites for hydroxylation is 2. The van der Waals surface area contributed by atoms with Crippen LogP contribution in [0.25, 0.3) is 0 Å². The number of hydrogen-bond donors (Lipinski definition) is 2. The lowest BCUT2D eigenvalue weighted by Gasteiger charge is -2.12. The Kier molecular flexibility index (Phi) is 6.69. The van der Waals surface area contributed by atoms with Gasteiger partial charge < -0.3 is 10.4 Å². The summed E-state index contributed by atoms with van der Waals surface area (Å²) in [4.78, 5) is 21.6. The van der Waals surface area contributed by atoms with Gasteiger partial charge in [-0.3, -0.25) is 10.1 Å². The number of nitrogens with zero attached hydrogens (tertiary/aromatic N) is 1. The minimum Gasteiger partial charge on any atom is -0.478 e. The van der Waals surface area contributed by atoms with E-state index in [2.05, 4.69) is 5.32 Å². The summed E-state index contributed by atoms with van der Waals surface area (Å²) in [5.41, 5.74) is 0.661. The van der Waals surface area contributed by atoms with E-state index in [-0.39, 0.29) is 22.0 Å². The molecule has 3 aromatic carbocycles. The number of carbonyl (C=O) groups is 1. The van der Waals surface area contributed by atoms with Crippen LogP contribution in [-0.4, -0.2) is 16.0 Å². The first-order chi connectivity index (χ1) is 15.0. The zero-order valence-electron chi connectivity index (χ0n) is 16.3. The molecule has 0 amide bonds. The van der Waals surface area contributed by atoms with Crippen LogP contribution in [0.15, 0.2) is 60.7 Å². The summed E-state index contributed by atoms with van der Waals surface area (Å²) in [6.45, 7) is 0. The number of anilines is 2. The van der Waals surface area contributed by atoms with Crippen LogP contribution < -0.4 is 5.32 Å². The van der Waals surface area contributed by atoms with Crippen LogP contribution in [0.2, 0.25) is 5.02 Å². The molecule has 0 bridgehead atoms. The van der Waals surface area contributed by atoms with E-state index in [0.29, 0.717) is 24.1 Å². The summed E-state index contributed by atoms with van der Waals surface area (Å²) in [7, 11) is 0. The third-order valence-electron chi connectivity index (χ3n) is 4.72. The van der Waals surface area contributed by atoms with Crippen molar-refractivity contribution in [2.75, 3.05) is 5.32 Å². The first-order valence-electron chi connectivity index (χ1n) is 9.28. The molecule has 0 saturated heterocycles. The molecular formula is C22H16ClF3N2O4. The van der Waals surface area contributed by atoms with Crippen molar-refractivity contribution in [3.8, 4) is 0 Å². The van der Waals surface area contributed by atoms with Crippen molar-refractivity contribution < 1.29 is 28.0 Å². The molecule has 0 aromatic heterocycles. The van der Waals surface area contributed by atoms with E-state index in [4.69, 9.17) is 11.6 Å². The SMILES string of the molecule is O=C(O)c1cc([N+](=O)[O-])ccc1Nc1ccc(CCc2ccc(Cl)c(C(F)(F)F)c2)cc1. The van der Waals surface area contributed by atoms with Gasteiger partial charge in [0.1, 0.15) is 0 Å². The fourth-order valence-electron chi connectivity index (χ4n) is 3.08. The van der Waals surface area contributed by atoms with E-state index in [1.165, 1.54) is 18.2 Å². The summed E-state index contributed by atoms with van der Waals surface area (Å²) >= 11 is 5.64. The Morgan fingerprint density at radius 3 is 2.22 bits per heavy atom. The lowest BCUT2D eigenvalue weighted by Crippen LogP contribution is -2.07. The minimum atomic E-state index is -4.52. The molecule has 0 unspecified atom stereocenters. The lowest BCUT2D eigenvalue weighted by molar-refractivity contribution is -0.384. The maximum Gasteiger partial charge on any atom is 0.417 e. The smallest absolute Gasteiger partial charge is 0.417 e. The number of carboxylic acids is 1. The Morgan fingerprint density at radius 2 is 1.62 bits per heavy atom. The first-order valence-corrected chi connectivity index (χ1v) is 9.65. The van der Waals surface area contributed by atoms with Crippen molar-refractivity contribution in [2.45, 2.75) is 19.0 Å². The molecule has 3 aromatic rings. The van der Waals surface area contributed by atoms with Gasteiger partial charge in [-0.05, 0) is 54.3 Å². The molecule has 6 nitrogen and oxygen atoms in total. The van der Waals surface area contributed by atoms with E-state index >= 15 is 0 Å². The Labute approximate surface area is 185 Å². The van der Waals surface area contributed by atoms with Crippen LogP contribution >= 0.6 is 11.6 Å². The lowest BCUT2D eigenvalue weighted by atomic mass is 10.0. The Hall–Kier alpha value is -3.59. The molecule has 0 saturated carbocycles. The van der Waals surface area contributed by atoms with Crippen LogP contribution in [0.1, 0.15) is 27.0 Å². The third-order valence-corrected chi connectivity index (χ3v) is 5.05. The zero-order valence-corrected chi connectivity index (χ0v) is 17.1. The van der Waals surface area contributed by atoms with Gasteiger partial charge in [-0.15, -0.1) is 0 Å². The number of aromatic carboxylic acids is 1. The molecular weight excluding hydrogens is 449 g/mol. The number of nitrogens with one attached hydrogen (secondary N) is 1. The van der Waals surface area contributed by atoms with Gasteiger partial charge in [0.05, 0.1) is 26.8 Å². The molecule has 0 fully saturated rings. The number of rotatable bonds is 7. The van der Waals surface area contributed by atoms with Crippen LogP contribution in [0.4, 0.5) is 30.2 Å². The fourth-order valence-corrected chi connectivity index (χ4v) is 3.30. The number of carboxylic acid groups (broad SMARTS) is 1. The molecule has 0 heterocycles. The second-order valence-electron chi connectivity index (χ2n) is 6.93. The van der Waals surface area contributed by atoms with Gasteiger partial charge in [-0.25, -0.2) is 4.79 Å². The zero-order chi connectivity index (χ0) is 23.5. The average molecular weight is 465 g/mol. The number of alkyl halides is 3. The van der Waals surface area contributed by atoms with Gasteiger partial charge >= 0.3 is 12.1 Å². The first kappa shape index (κ1) is 23.1. The summed E-state index contributed by atoms with van der Waals surface area (Å²) in [6.07, 6.45) is -3.66. The fraction of sp³-hybridized carbons (Fsp3) is 0.136. The Balaban J connectivity index is 1.70. The largest absolute Gasteiger partial charge is 0.478 e. The Morgan fingerprint density at radius 1 is 1.00 bits per heavy atom. The molecule has 0 aliphatic rings. The second-order valence-corrected chi connectivity index (χ2v) is 7.33. The highest BCUT2D eigenvalue weighted by Gasteiger charge is 2.33. The molecule has 0 aliphatic carbocycles. The van der Waals surface area contributed by atoms with Crippen molar-refractivity contribution in [1.29, 1.82) is 0 Å². The van der Waals surface area contributed by atoms with Gasteiger partial charge in [0.25, 0.3) is 5.69 Å². The molecule has 3 rings (SSSR count). The monoisotopic (exact) mass is 464 g/mol. The number of hydrogen-bond acceptors (Lipinski definition) is 4. The van der Waals surface area contributed by atoms with Crippen LogP contribution in [0.3, 0.4) is 0 Å². The van der Waals surface area contributed by atoms with Gasteiger partial charge in [-0.1, -0.05) is 29.8 Å². The summed E-state index contributed by atoms with van der Waals surface area (Å²) in [6, 6.07) is 14.2. The highest BCUT2D eigenvalue weighted by atomic mass is 35.5. The van der Waals surface area contributed by atoms with Gasteiger partial charge in [0.2, 0.25) is 0 Å². The normalized spacial score (nSPS) is 11.2. The van der Waals surface area contributed by atoms with Crippen molar-refractivity contribution >= 4 is 34.6 Å². The van der Waals surface area contributed by atoms with Crippen molar-refractivity contribution in [3.05, 3.63) is 98.1 Å². The molecule has 10 heteroatoms. The highest BCUT2D eigenvalue weighted by molar-refractivity contribution is 6.31. The number of non-ortho nitro benzene ring substituents is 1. The second kappa shape index (κ2) is 9.27. The van der Waals surface area contributed by atoms with E-state index in [1.54, 1.807) is 30.3 Å². The summed E-state index contributed by atoms with van der Waals surface area (Å²) in [5.74, 6) is -1.31. The van der Waals surface area contributed by atoms with Crippen LogP contribution in [0.5, 0.6) is 0 Å². The summed E-state index contributed by atoms with van der Waals surface area (Å²) in [5, 5.41) is 22.7. The summed E-state index contributed by atoms with van der Waals surface area (Å²) < 4.78 is 39.0. The molecule has 0 radical (unpaired) electrons. The number of benzene rings is 3. The topological polar surface area (TPSA) is 92.5 Å². The minimum absolute atomic E-state index is 0.191. The third kappa shape index (κ3) is 5.55.